The molecule has 24 heavy (non-hydrogen) atoms. The van der Waals surface area contributed by atoms with Gasteiger partial charge < -0.3 is 4.74 Å². The summed E-state index contributed by atoms with van der Waals surface area (Å²) in [5.74, 6) is 1.30. The molecule has 0 radical (unpaired) electrons. The zero-order valence-corrected chi connectivity index (χ0v) is 16.8. The van der Waals surface area contributed by atoms with Gasteiger partial charge >= 0.3 is 5.97 Å². The Hall–Kier alpha value is -0.790. The normalized spacial score (nSPS) is 30.7. The van der Waals surface area contributed by atoms with Gasteiger partial charge in [-0.1, -0.05) is 45.3 Å². The SMILES string of the molecule is CC(=O)OCC[C@@H](C)CCC1=C(C)CCC2C(C)(C)CCC[C@]12C. The average molecular weight is 335 g/mol. The first-order valence-corrected chi connectivity index (χ1v) is 9.99. The van der Waals surface area contributed by atoms with Crippen LogP contribution in [0.5, 0.6) is 0 Å². The van der Waals surface area contributed by atoms with Crippen molar-refractivity contribution in [3.05, 3.63) is 11.1 Å². The van der Waals surface area contributed by atoms with E-state index in [0.717, 1.165) is 12.3 Å². The van der Waals surface area contributed by atoms with Gasteiger partial charge in [-0.25, -0.2) is 0 Å². The van der Waals surface area contributed by atoms with E-state index in [-0.39, 0.29) is 5.97 Å². The number of rotatable bonds is 6. The number of ether oxygens (including phenoxy) is 1. The third kappa shape index (κ3) is 4.24. The quantitative estimate of drug-likeness (QED) is 0.421. The molecule has 138 valence electrons. The summed E-state index contributed by atoms with van der Waals surface area (Å²) in [6, 6.07) is 0. The van der Waals surface area contributed by atoms with Crippen molar-refractivity contribution in [2.75, 3.05) is 6.61 Å². The second-order valence-corrected chi connectivity index (χ2v) is 9.38. The monoisotopic (exact) mass is 334 g/mol. The molecule has 2 nitrogen and oxygen atoms in total. The van der Waals surface area contributed by atoms with Gasteiger partial charge in [0.15, 0.2) is 0 Å². The molecule has 0 saturated heterocycles. The second kappa shape index (κ2) is 7.62. The summed E-state index contributed by atoms with van der Waals surface area (Å²) in [6.45, 7) is 14.3. The summed E-state index contributed by atoms with van der Waals surface area (Å²) in [5.41, 5.74) is 4.34. The molecule has 0 amide bonds. The molecule has 0 aromatic carbocycles. The first kappa shape index (κ1) is 19.5. The molecule has 2 heteroatoms. The van der Waals surface area contributed by atoms with Crippen molar-refractivity contribution < 1.29 is 9.53 Å². The van der Waals surface area contributed by atoms with Crippen LogP contribution in [-0.4, -0.2) is 12.6 Å². The van der Waals surface area contributed by atoms with Crippen molar-refractivity contribution in [3.8, 4) is 0 Å². The molecular weight excluding hydrogens is 296 g/mol. The van der Waals surface area contributed by atoms with Gasteiger partial charge in [-0.05, 0) is 74.5 Å². The van der Waals surface area contributed by atoms with Crippen LogP contribution in [0.3, 0.4) is 0 Å². The van der Waals surface area contributed by atoms with Crippen LogP contribution in [0.15, 0.2) is 11.1 Å². The molecule has 0 aromatic heterocycles. The van der Waals surface area contributed by atoms with Crippen LogP contribution in [0, 0.1) is 22.7 Å². The van der Waals surface area contributed by atoms with Crippen molar-refractivity contribution >= 4 is 5.97 Å². The number of esters is 1. The maximum absolute atomic E-state index is 10.9. The Labute approximate surface area is 149 Å². The van der Waals surface area contributed by atoms with E-state index in [2.05, 4.69) is 34.6 Å². The van der Waals surface area contributed by atoms with Gasteiger partial charge in [-0.15, -0.1) is 0 Å². The van der Waals surface area contributed by atoms with Crippen LogP contribution in [0.4, 0.5) is 0 Å². The third-order valence-electron chi connectivity index (χ3n) is 7.05. The van der Waals surface area contributed by atoms with E-state index in [9.17, 15) is 4.79 Å². The van der Waals surface area contributed by atoms with E-state index in [1.807, 2.05) is 0 Å². The summed E-state index contributed by atoms with van der Waals surface area (Å²) in [5, 5.41) is 0. The molecule has 1 fully saturated rings. The Kier molecular flexibility index (Phi) is 6.20. The molecule has 0 spiro atoms. The Morgan fingerprint density at radius 2 is 1.96 bits per heavy atom. The molecule has 0 aromatic rings. The lowest BCUT2D eigenvalue weighted by Gasteiger charge is -2.55. The Morgan fingerprint density at radius 1 is 1.25 bits per heavy atom. The molecule has 0 heterocycles. The highest BCUT2D eigenvalue weighted by molar-refractivity contribution is 5.65. The molecule has 0 aliphatic heterocycles. The molecule has 1 saturated carbocycles. The van der Waals surface area contributed by atoms with Crippen molar-refractivity contribution in [2.45, 2.75) is 92.9 Å². The number of hydrogen-bond donors (Lipinski definition) is 0. The van der Waals surface area contributed by atoms with Crippen molar-refractivity contribution in [2.24, 2.45) is 22.7 Å². The summed E-state index contributed by atoms with van der Waals surface area (Å²) in [4.78, 5) is 10.9. The number of allylic oxidation sites excluding steroid dienone is 2. The summed E-state index contributed by atoms with van der Waals surface area (Å²) < 4.78 is 5.11. The van der Waals surface area contributed by atoms with E-state index in [0.29, 0.717) is 23.4 Å². The predicted octanol–water partition coefficient (Wildman–Crippen LogP) is 6.30. The topological polar surface area (TPSA) is 26.3 Å². The van der Waals surface area contributed by atoms with Gasteiger partial charge in [0.1, 0.15) is 0 Å². The van der Waals surface area contributed by atoms with Crippen molar-refractivity contribution in [1.29, 1.82) is 0 Å². The van der Waals surface area contributed by atoms with Crippen LogP contribution >= 0.6 is 0 Å². The van der Waals surface area contributed by atoms with Crippen LogP contribution in [0.25, 0.3) is 0 Å². The fourth-order valence-corrected chi connectivity index (χ4v) is 5.63. The zero-order valence-electron chi connectivity index (χ0n) is 16.8. The highest BCUT2D eigenvalue weighted by Gasteiger charge is 2.49. The molecule has 2 aliphatic rings. The second-order valence-electron chi connectivity index (χ2n) is 9.38. The van der Waals surface area contributed by atoms with Crippen LogP contribution in [0.1, 0.15) is 92.9 Å². The maximum atomic E-state index is 10.9. The van der Waals surface area contributed by atoms with Crippen LogP contribution < -0.4 is 0 Å². The van der Waals surface area contributed by atoms with Crippen molar-refractivity contribution in [3.63, 3.8) is 0 Å². The largest absolute Gasteiger partial charge is 0.466 e. The molecule has 3 atom stereocenters. The van der Waals surface area contributed by atoms with Crippen LogP contribution in [-0.2, 0) is 9.53 Å². The van der Waals surface area contributed by atoms with E-state index in [1.165, 1.54) is 51.9 Å². The summed E-state index contributed by atoms with van der Waals surface area (Å²) >= 11 is 0. The van der Waals surface area contributed by atoms with Crippen LogP contribution in [0.2, 0.25) is 0 Å². The molecule has 0 N–H and O–H groups in total. The standard InChI is InChI=1S/C22H38O2/c1-16(12-15-24-18(3)23)8-10-19-17(2)9-11-20-21(4,5)13-7-14-22(19,20)6/h16,20H,7-15H2,1-6H3/t16-,20?,22+/m0/s1. The Bertz CT molecular complexity index is 488. The highest BCUT2D eigenvalue weighted by Crippen LogP contribution is 2.60. The lowest BCUT2D eigenvalue weighted by atomic mass is 9.50. The summed E-state index contributed by atoms with van der Waals surface area (Å²) in [6.07, 6.45) is 10.2. The molecule has 2 aliphatic carbocycles. The lowest BCUT2D eigenvalue weighted by Crippen LogP contribution is -2.45. The average Bonchev–Trinajstić information content (AvgIpc) is 2.45. The fourth-order valence-electron chi connectivity index (χ4n) is 5.63. The van der Waals surface area contributed by atoms with E-state index in [4.69, 9.17) is 4.74 Å². The van der Waals surface area contributed by atoms with Gasteiger partial charge in [-0.3, -0.25) is 4.79 Å². The number of carbonyl (C=O) groups is 1. The van der Waals surface area contributed by atoms with Gasteiger partial charge in [0, 0.05) is 6.92 Å². The first-order chi connectivity index (χ1) is 11.2. The first-order valence-electron chi connectivity index (χ1n) is 9.99. The Balaban J connectivity index is 2.01. The fraction of sp³-hybridized carbons (Fsp3) is 0.864. The highest BCUT2D eigenvalue weighted by atomic mass is 16.5. The third-order valence-corrected chi connectivity index (χ3v) is 7.05. The molecule has 1 unspecified atom stereocenters. The smallest absolute Gasteiger partial charge is 0.302 e. The van der Waals surface area contributed by atoms with E-state index >= 15 is 0 Å². The number of fused-ring (bicyclic) bond motifs is 1. The molecule has 2 rings (SSSR count). The summed E-state index contributed by atoms with van der Waals surface area (Å²) in [7, 11) is 0. The number of carbonyl (C=O) groups excluding carboxylic acids is 1. The molecule has 0 bridgehead atoms. The van der Waals surface area contributed by atoms with Gasteiger partial charge in [-0.2, -0.15) is 0 Å². The minimum absolute atomic E-state index is 0.159. The van der Waals surface area contributed by atoms with Gasteiger partial charge in [0.05, 0.1) is 6.61 Å². The zero-order chi connectivity index (χ0) is 18.0. The van der Waals surface area contributed by atoms with Gasteiger partial charge in [0.25, 0.3) is 0 Å². The van der Waals surface area contributed by atoms with E-state index < -0.39 is 0 Å². The maximum Gasteiger partial charge on any atom is 0.302 e. The minimum Gasteiger partial charge on any atom is -0.466 e. The lowest BCUT2D eigenvalue weighted by molar-refractivity contribution is -0.141. The van der Waals surface area contributed by atoms with E-state index in [1.54, 1.807) is 11.1 Å². The predicted molar refractivity (Wildman–Crippen MR) is 101 cm³/mol. The Morgan fingerprint density at radius 3 is 2.62 bits per heavy atom. The molecular formula is C22H38O2. The van der Waals surface area contributed by atoms with Crippen molar-refractivity contribution in [1.82, 2.24) is 0 Å². The number of hydrogen-bond acceptors (Lipinski definition) is 2. The minimum atomic E-state index is -0.159. The van der Waals surface area contributed by atoms with Gasteiger partial charge in [0.2, 0.25) is 0 Å².